The number of hydrogen-bond acceptors (Lipinski definition) is 5. The highest BCUT2D eigenvalue weighted by molar-refractivity contribution is 6.42. The molecule has 1 heterocycles. The summed E-state index contributed by atoms with van der Waals surface area (Å²) in [5.74, 6) is 1.45. The van der Waals surface area contributed by atoms with Gasteiger partial charge in [-0.25, -0.2) is 0 Å². The molecule has 0 saturated carbocycles. The van der Waals surface area contributed by atoms with E-state index < -0.39 is 0 Å². The lowest BCUT2D eigenvalue weighted by Gasteiger charge is -2.10. The van der Waals surface area contributed by atoms with Crippen molar-refractivity contribution in [1.82, 2.24) is 15.2 Å². The fraction of sp³-hybridized carbons (Fsp3) is 0.167. The van der Waals surface area contributed by atoms with E-state index in [1.54, 1.807) is 24.4 Å². The average molecular weight is 374 g/mol. The Kier molecular flexibility index (Phi) is 5.36. The molecule has 0 aliphatic rings. The first-order valence-electron chi connectivity index (χ1n) is 7.80. The number of benzene rings is 2. The highest BCUT2D eigenvalue weighted by atomic mass is 35.5. The van der Waals surface area contributed by atoms with Crippen LogP contribution in [-0.4, -0.2) is 15.2 Å². The van der Waals surface area contributed by atoms with Crippen LogP contribution in [-0.2, 0) is 0 Å². The van der Waals surface area contributed by atoms with Gasteiger partial charge in [0.25, 0.3) is 0 Å². The Morgan fingerprint density at radius 2 is 1.60 bits per heavy atom. The average Bonchev–Trinajstić information content (AvgIpc) is 2.59. The molecule has 25 heavy (non-hydrogen) atoms. The fourth-order valence-electron chi connectivity index (χ4n) is 2.22. The Hall–Kier alpha value is -2.37. The molecular weight excluding hydrogens is 357 g/mol. The Balaban J connectivity index is 1.73. The summed E-state index contributed by atoms with van der Waals surface area (Å²) in [6.45, 7) is 4.33. The lowest BCUT2D eigenvalue weighted by Crippen LogP contribution is -2.02. The van der Waals surface area contributed by atoms with Crippen molar-refractivity contribution in [2.24, 2.45) is 0 Å². The molecule has 0 radical (unpaired) electrons. The van der Waals surface area contributed by atoms with Gasteiger partial charge in [0.05, 0.1) is 16.2 Å². The molecule has 0 unspecified atom stereocenters. The van der Waals surface area contributed by atoms with E-state index in [0.29, 0.717) is 27.7 Å². The van der Waals surface area contributed by atoms with Crippen LogP contribution in [0.1, 0.15) is 25.3 Å². The molecule has 0 aliphatic heterocycles. The zero-order valence-corrected chi connectivity index (χ0v) is 15.3. The summed E-state index contributed by atoms with van der Waals surface area (Å²) in [4.78, 5) is 4.40. The first kappa shape index (κ1) is 17.5. The van der Waals surface area contributed by atoms with Gasteiger partial charge in [-0.3, -0.25) is 0 Å². The molecule has 128 valence electrons. The Morgan fingerprint density at radius 3 is 2.28 bits per heavy atom. The summed E-state index contributed by atoms with van der Waals surface area (Å²) in [5.41, 5.74) is 2.95. The van der Waals surface area contributed by atoms with E-state index in [2.05, 4.69) is 51.8 Å². The smallest absolute Gasteiger partial charge is 0.249 e. The number of halogens is 2. The molecule has 5 nitrogen and oxygen atoms in total. The van der Waals surface area contributed by atoms with Gasteiger partial charge < -0.3 is 10.6 Å². The highest BCUT2D eigenvalue weighted by Crippen LogP contribution is 2.26. The SMILES string of the molecule is CC(C)c1ccc(Nc2cnnc(Nc3ccc(Cl)c(Cl)c3)n2)cc1. The van der Waals surface area contributed by atoms with E-state index in [4.69, 9.17) is 23.2 Å². The van der Waals surface area contributed by atoms with Crippen molar-refractivity contribution in [3.8, 4) is 0 Å². The summed E-state index contributed by atoms with van der Waals surface area (Å²) < 4.78 is 0. The van der Waals surface area contributed by atoms with Crippen LogP contribution >= 0.6 is 23.2 Å². The van der Waals surface area contributed by atoms with Crippen LogP contribution in [0.25, 0.3) is 0 Å². The molecule has 0 atom stereocenters. The van der Waals surface area contributed by atoms with Crippen molar-refractivity contribution in [1.29, 1.82) is 0 Å². The zero-order valence-electron chi connectivity index (χ0n) is 13.8. The number of aromatic nitrogens is 3. The first-order valence-corrected chi connectivity index (χ1v) is 8.55. The standard InChI is InChI=1S/C18H17Cl2N5/c1-11(2)12-3-5-13(6-4-12)22-17-10-21-25-18(24-17)23-14-7-8-15(19)16(20)9-14/h3-11H,1-2H3,(H2,22,23,24,25). The molecule has 2 N–H and O–H groups in total. The predicted octanol–water partition coefficient (Wildman–Crippen LogP) is 5.79. The summed E-state index contributed by atoms with van der Waals surface area (Å²) in [6.07, 6.45) is 1.57. The van der Waals surface area contributed by atoms with Crippen molar-refractivity contribution < 1.29 is 0 Å². The fourth-order valence-corrected chi connectivity index (χ4v) is 2.52. The monoisotopic (exact) mass is 373 g/mol. The second kappa shape index (κ2) is 7.68. The van der Waals surface area contributed by atoms with E-state index in [-0.39, 0.29) is 0 Å². The third-order valence-corrected chi connectivity index (χ3v) is 4.32. The van der Waals surface area contributed by atoms with Crippen LogP contribution in [0.3, 0.4) is 0 Å². The third-order valence-electron chi connectivity index (χ3n) is 3.58. The van der Waals surface area contributed by atoms with Gasteiger partial charge in [-0.05, 0) is 41.8 Å². The number of hydrogen-bond donors (Lipinski definition) is 2. The molecule has 0 saturated heterocycles. The Bertz CT molecular complexity index is 866. The maximum atomic E-state index is 6.01. The minimum atomic E-state index is 0.363. The van der Waals surface area contributed by atoms with Gasteiger partial charge in [-0.15, -0.1) is 5.10 Å². The van der Waals surface area contributed by atoms with Crippen LogP contribution in [0.15, 0.2) is 48.7 Å². The van der Waals surface area contributed by atoms with Gasteiger partial charge in [0.15, 0.2) is 5.82 Å². The quantitative estimate of drug-likeness (QED) is 0.592. The topological polar surface area (TPSA) is 62.7 Å². The molecular formula is C18H17Cl2N5. The number of nitrogens with one attached hydrogen (secondary N) is 2. The van der Waals surface area contributed by atoms with Gasteiger partial charge >= 0.3 is 0 Å². The Labute approximate surface area is 156 Å². The van der Waals surface area contributed by atoms with Crippen LogP contribution < -0.4 is 10.6 Å². The van der Waals surface area contributed by atoms with E-state index in [1.165, 1.54) is 5.56 Å². The molecule has 0 amide bonds. The molecule has 3 rings (SSSR count). The normalized spacial score (nSPS) is 10.8. The van der Waals surface area contributed by atoms with Crippen LogP contribution in [0.4, 0.5) is 23.1 Å². The molecule has 7 heteroatoms. The second-order valence-electron chi connectivity index (χ2n) is 5.82. The lowest BCUT2D eigenvalue weighted by atomic mass is 10.0. The molecule has 0 spiro atoms. The summed E-state index contributed by atoms with van der Waals surface area (Å²) in [7, 11) is 0. The summed E-state index contributed by atoms with van der Waals surface area (Å²) >= 11 is 11.9. The predicted molar refractivity (Wildman–Crippen MR) is 103 cm³/mol. The zero-order chi connectivity index (χ0) is 17.8. The van der Waals surface area contributed by atoms with Gasteiger partial charge in [-0.1, -0.05) is 49.2 Å². The van der Waals surface area contributed by atoms with Crippen molar-refractivity contribution in [3.05, 3.63) is 64.3 Å². The van der Waals surface area contributed by atoms with E-state index in [9.17, 15) is 0 Å². The maximum Gasteiger partial charge on any atom is 0.249 e. The molecule has 0 bridgehead atoms. The van der Waals surface area contributed by atoms with E-state index >= 15 is 0 Å². The summed E-state index contributed by atoms with van der Waals surface area (Å²) in [5, 5.41) is 15.2. The minimum Gasteiger partial charge on any atom is -0.339 e. The maximum absolute atomic E-state index is 6.01. The Morgan fingerprint density at radius 1 is 0.880 bits per heavy atom. The molecule has 1 aromatic heterocycles. The number of nitrogens with zero attached hydrogens (tertiary/aromatic N) is 3. The van der Waals surface area contributed by atoms with Crippen molar-refractivity contribution in [2.45, 2.75) is 19.8 Å². The van der Waals surface area contributed by atoms with Crippen molar-refractivity contribution >= 4 is 46.3 Å². The van der Waals surface area contributed by atoms with Crippen molar-refractivity contribution in [3.63, 3.8) is 0 Å². The van der Waals surface area contributed by atoms with Gasteiger partial charge in [-0.2, -0.15) is 10.1 Å². The molecule has 0 aliphatic carbocycles. The lowest BCUT2D eigenvalue weighted by molar-refractivity contribution is 0.867. The first-order chi connectivity index (χ1) is 12.0. The highest BCUT2D eigenvalue weighted by Gasteiger charge is 2.05. The van der Waals surface area contributed by atoms with Gasteiger partial charge in [0.2, 0.25) is 5.95 Å². The van der Waals surface area contributed by atoms with Crippen LogP contribution in [0.2, 0.25) is 10.0 Å². The molecule has 2 aromatic carbocycles. The van der Waals surface area contributed by atoms with Gasteiger partial charge in [0.1, 0.15) is 0 Å². The molecule has 3 aromatic rings. The largest absolute Gasteiger partial charge is 0.339 e. The van der Waals surface area contributed by atoms with Crippen LogP contribution in [0, 0.1) is 0 Å². The van der Waals surface area contributed by atoms with Crippen molar-refractivity contribution in [2.75, 3.05) is 10.6 Å². The van der Waals surface area contributed by atoms with E-state index in [1.807, 2.05) is 12.1 Å². The number of rotatable bonds is 5. The van der Waals surface area contributed by atoms with Gasteiger partial charge in [0, 0.05) is 11.4 Å². The second-order valence-corrected chi connectivity index (χ2v) is 6.64. The van der Waals surface area contributed by atoms with E-state index in [0.717, 1.165) is 11.4 Å². The summed E-state index contributed by atoms with van der Waals surface area (Å²) in [6, 6.07) is 13.4. The third kappa shape index (κ3) is 4.59. The molecule has 0 fully saturated rings. The minimum absolute atomic E-state index is 0.363. The van der Waals surface area contributed by atoms with Crippen LogP contribution in [0.5, 0.6) is 0 Å². The number of anilines is 4.